The minimum Gasteiger partial charge on any atom is -0.379 e. The van der Waals surface area contributed by atoms with Gasteiger partial charge in [-0.1, -0.05) is 5.16 Å². The number of piperidine rings is 1. The zero-order chi connectivity index (χ0) is 23.3. The molecule has 176 valence electrons. The zero-order valence-electron chi connectivity index (χ0n) is 19.9. The molecule has 0 saturated carbocycles. The van der Waals surface area contributed by atoms with Crippen molar-refractivity contribution in [2.24, 2.45) is 5.92 Å². The average molecular weight is 445 g/mol. The van der Waals surface area contributed by atoms with Gasteiger partial charge in [0.05, 0.1) is 12.6 Å². The number of nitrogens with one attached hydrogen (secondary N) is 1. The van der Waals surface area contributed by atoms with Crippen molar-refractivity contribution >= 4 is 11.7 Å². The van der Waals surface area contributed by atoms with E-state index in [1.807, 2.05) is 51.3 Å². The molecule has 3 heterocycles. The number of hydrogen-bond donors (Lipinski definition) is 1. The Balaban J connectivity index is 1.47. The van der Waals surface area contributed by atoms with Crippen LogP contribution >= 0.6 is 0 Å². The predicted octanol–water partition coefficient (Wildman–Crippen LogP) is 3.22. The summed E-state index contributed by atoms with van der Waals surface area (Å²) in [5.41, 5.74) is 2.54. The number of carbonyl (C=O) groups is 2. The lowest BCUT2D eigenvalue weighted by Crippen LogP contribution is -2.42. The van der Waals surface area contributed by atoms with Gasteiger partial charge in [0.2, 0.25) is 5.91 Å². The number of aromatic nitrogens is 2. The van der Waals surface area contributed by atoms with Crippen molar-refractivity contribution in [2.45, 2.75) is 60.0 Å². The number of nitrogens with zero attached hydrogens (tertiary/aromatic N) is 3. The third kappa shape index (κ3) is 6.07. The summed E-state index contributed by atoms with van der Waals surface area (Å²) in [5, 5.41) is 7.10. The first kappa shape index (κ1) is 24.2. The number of carbonyl (C=O) groups excluding carboxylic acids is 2. The highest BCUT2D eigenvalue weighted by molar-refractivity contribution is 5.99. The van der Waals surface area contributed by atoms with Gasteiger partial charge < -0.3 is 14.6 Å². The minimum absolute atomic E-state index is 0.0211. The Hall–Kier alpha value is -2.45. The molecule has 8 heteroatoms. The lowest BCUT2D eigenvalue weighted by Gasteiger charge is -2.30. The quantitative estimate of drug-likeness (QED) is 0.447. The van der Waals surface area contributed by atoms with E-state index in [1.54, 1.807) is 0 Å². The topological polar surface area (TPSA) is 89.6 Å². The van der Waals surface area contributed by atoms with Crippen LogP contribution in [0.25, 0.3) is 5.82 Å². The molecule has 1 aliphatic heterocycles. The lowest BCUT2D eigenvalue weighted by molar-refractivity contribution is -0.126. The second-order valence-electron chi connectivity index (χ2n) is 8.95. The number of ketones is 1. The van der Waals surface area contributed by atoms with Crippen molar-refractivity contribution in [3.05, 3.63) is 34.8 Å². The van der Waals surface area contributed by atoms with Gasteiger partial charge in [-0.25, -0.2) is 0 Å². The van der Waals surface area contributed by atoms with E-state index in [4.69, 9.17) is 9.26 Å². The SMILES string of the molecule is Cc1cc(-n2c(C)cc(C(=O)CN3CCC(C(=O)NCCCOC(C)C)CC3)c2C)no1. The fourth-order valence-electron chi connectivity index (χ4n) is 4.24. The summed E-state index contributed by atoms with van der Waals surface area (Å²) < 4.78 is 12.6. The van der Waals surface area contributed by atoms with Gasteiger partial charge in [0.15, 0.2) is 11.6 Å². The van der Waals surface area contributed by atoms with E-state index in [2.05, 4.69) is 15.4 Å². The van der Waals surface area contributed by atoms with Crippen molar-refractivity contribution < 1.29 is 18.8 Å². The number of amides is 1. The van der Waals surface area contributed by atoms with Crippen molar-refractivity contribution in [2.75, 3.05) is 32.8 Å². The summed E-state index contributed by atoms with van der Waals surface area (Å²) >= 11 is 0. The molecule has 0 spiro atoms. The second-order valence-corrected chi connectivity index (χ2v) is 8.95. The largest absolute Gasteiger partial charge is 0.379 e. The molecule has 2 aromatic heterocycles. The fraction of sp³-hybridized carbons (Fsp3) is 0.625. The average Bonchev–Trinajstić information content (AvgIpc) is 3.29. The molecule has 1 saturated heterocycles. The van der Waals surface area contributed by atoms with Crippen LogP contribution in [0.15, 0.2) is 16.7 Å². The molecule has 0 aliphatic carbocycles. The first-order valence-corrected chi connectivity index (χ1v) is 11.5. The van der Waals surface area contributed by atoms with Crippen LogP contribution in [0, 0.1) is 26.7 Å². The summed E-state index contributed by atoms with van der Waals surface area (Å²) in [6, 6.07) is 3.78. The third-order valence-corrected chi connectivity index (χ3v) is 5.97. The van der Waals surface area contributed by atoms with Gasteiger partial charge in [0.25, 0.3) is 0 Å². The van der Waals surface area contributed by atoms with Gasteiger partial charge in [0, 0.05) is 42.1 Å². The number of likely N-dealkylation sites (tertiary alicyclic amines) is 1. The predicted molar refractivity (Wildman–Crippen MR) is 122 cm³/mol. The van der Waals surface area contributed by atoms with E-state index in [0.29, 0.717) is 31.1 Å². The van der Waals surface area contributed by atoms with Crippen LogP contribution in [0.5, 0.6) is 0 Å². The Morgan fingerprint density at radius 2 is 1.94 bits per heavy atom. The summed E-state index contributed by atoms with van der Waals surface area (Å²) in [7, 11) is 0. The molecular weight excluding hydrogens is 408 g/mol. The fourth-order valence-corrected chi connectivity index (χ4v) is 4.24. The molecule has 0 bridgehead atoms. The van der Waals surface area contributed by atoms with E-state index >= 15 is 0 Å². The maximum Gasteiger partial charge on any atom is 0.223 e. The van der Waals surface area contributed by atoms with Crippen LogP contribution in [-0.2, 0) is 9.53 Å². The number of Topliss-reactive ketones (excluding diaryl/α,β-unsaturated/α-hetero) is 1. The number of ether oxygens (including phenoxy) is 1. The third-order valence-electron chi connectivity index (χ3n) is 5.97. The standard InChI is InChI=1S/C24H36N4O4/c1-16(2)31-12-6-9-25-24(30)20-7-10-27(11-8-20)15-22(29)21-13-17(3)28(19(21)5)23-14-18(4)32-26-23/h13-14,16,20H,6-12,15H2,1-5H3,(H,25,30). The van der Waals surface area contributed by atoms with Crippen molar-refractivity contribution in [3.63, 3.8) is 0 Å². The molecule has 0 radical (unpaired) electrons. The first-order chi connectivity index (χ1) is 15.3. The maximum absolute atomic E-state index is 13.0. The molecule has 2 aromatic rings. The minimum atomic E-state index is 0.0211. The summed E-state index contributed by atoms with van der Waals surface area (Å²) in [6.45, 7) is 12.9. The van der Waals surface area contributed by atoms with Crippen molar-refractivity contribution in [1.82, 2.24) is 19.9 Å². The molecule has 1 amide bonds. The van der Waals surface area contributed by atoms with E-state index in [1.165, 1.54) is 0 Å². The highest BCUT2D eigenvalue weighted by atomic mass is 16.5. The van der Waals surface area contributed by atoms with Crippen LogP contribution in [0.4, 0.5) is 0 Å². The Labute approximate surface area is 190 Å². The van der Waals surface area contributed by atoms with E-state index in [0.717, 1.165) is 49.5 Å². The Morgan fingerprint density at radius 3 is 2.56 bits per heavy atom. The van der Waals surface area contributed by atoms with Crippen LogP contribution in [0.1, 0.15) is 60.6 Å². The van der Waals surface area contributed by atoms with Gasteiger partial charge in [0.1, 0.15) is 5.76 Å². The number of aryl methyl sites for hydroxylation is 2. The molecule has 0 unspecified atom stereocenters. The zero-order valence-corrected chi connectivity index (χ0v) is 19.9. The number of rotatable bonds is 10. The van der Waals surface area contributed by atoms with Gasteiger partial charge in [-0.3, -0.25) is 19.1 Å². The maximum atomic E-state index is 13.0. The molecule has 1 fully saturated rings. The van der Waals surface area contributed by atoms with E-state index in [-0.39, 0.29) is 23.7 Å². The molecule has 1 N–H and O–H groups in total. The smallest absolute Gasteiger partial charge is 0.223 e. The normalized spacial score (nSPS) is 15.4. The molecule has 32 heavy (non-hydrogen) atoms. The van der Waals surface area contributed by atoms with E-state index < -0.39 is 0 Å². The highest BCUT2D eigenvalue weighted by Crippen LogP contribution is 2.23. The molecule has 8 nitrogen and oxygen atoms in total. The van der Waals surface area contributed by atoms with Gasteiger partial charge in [-0.2, -0.15) is 0 Å². The first-order valence-electron chi connectivity index (χ1n) is 11.5. The highest BCUT2D eigenvalue weighted by Gasteiger charge is 2.27. The Bertz CT molecular complexity index is 923. The monoisotopic (exact) mass is 444 g/mol. The Morgan fingerprint density at radius 1 is 1.22 bits per heavy atom. The van der Waals surface area contributed by atoms with Crippen molar-refractivity contribution in [3.8, 4) is 5.82 Å². The summed E-state index contributed by atoms with van der Waals surface area (Å²) in [5.74, 6) is 1.66. The summed E-state index contributed by atoms with van der Waals surface area (Å²) in [6.07, 6.45) is 2.59. The molecule has 0 atom stereocenters. The van der Waals surface area contributed by atoms with Crippen molar-refractivity contribution in [1.29, 1.82) is 0 Å². The van der Waals surface area contributed by atoms with Crippen LogP contribution in [0.3, 0.4) is 0 Å². The lowest BCUT2D eigenvalue weighted by atomic mass is 9.95. The van der Waals surface area contributed by atoms with Gasteiger partial charge in [-0.15, -0.1) is 0 Å². The molecular formula is C24H36N4O4. The molecule has 0 aromatic carbocycles. The second kappa shape index (κ2) is 10.9. The van der Waals surface area contributed by atoms with Crippen LogP contribution in [-0.4, -0.2) is 65.2 Å². The Kier molecular flexibility index (Phi) is 8.26. The van der Waals surface area contributed by atoms with Gasteiger partial charge in [-0.05, 0) is 73.0 Å². The van der Waals surface area contributed by atoms with Crippen LogP contribution < -0.4 is 5.32 Å². The number of hydrogen-bond acceptors (Lipinski definition) is 6. The van der Waals surface area contributed by atoms with Crippen LogP contribution in [0.2, 0.25) is 0 Å². The van der Waals surface area contributed by atoms with Gasteiger partial charge >= 0.3 is 0 Å². The summed E-state index contributed by atoms with van der Waals surface area (Å²) in [4.78, 5) is 27.6. The van der Waals surface area contributed by atoms with E-state index in [9.17, 15) is 9.59 Å². The molecule has 1 aliphatic rings. The molecule has 3 rings (SSSR count).